The number of piperazine rings is 1. The highest BCUT2D eigenvalue weighted by atomic mass is 15.3. The SMILES string of the molecule is CCCCCCC(C)(C)CCN1CCN(CC(C)(CCC)CCCCCC)CC1. The molecule has 0 spiro atoms. The minimum Gasteiger partial charge on any atom is -0.301 e. The number of nitrogens with zero attached hydrogens (tertiary/aromatic N) is 2. The second-order valence-corrected chi connectivity index (χ2v) is 11.2. The summed E-state index contributed by atoms with van der Waals surface area (Å²) >= 11 is 0. The van der Waals surface area contributed by atoms with Crippen LogP contribution < -0.4 is 0 Å². The molecule has 2 heteroatoms. The van der Waals surface area contributed by atoms with Gasteiger partial charge in [-0.2, -0.15) is 0 Å². The highest BCUT2D eigenvalue weighted by molar-refractivity contribution is 4.82. The molecule has 0 aromatic carbocycles. The van der Waals surface area contributed by atoms with E-state index < -0.39 is 0 Å². The molecular formula is C27H56N2. The van der Waals surface area contributed by atoms with Crippen molar-refractivity contribution in [1.82, 2.24) is 9.80 Å². The van der Waals surface area contributed by atoms with Crippen LogP contribution >= 0.6 is 0 Å². The van der Waals surface area contributed by atoms with Crippen LogP contribution in [0.15, 0.2) is 0 Å². The van der Waals surface area contributed by atoms with Gasteiger partial charge in [-0.25, -0.2) is 0 Å². The fourth-order valence-electron chi connectivity index (χ4n) is 5.19. The van der Waals surface area contributed by atoms with Gasteiger partial charge < -0.3 is 9.80 Å². The molecule has 1 heterocycles. The first-order chi connectivity index (χ1) is 13.8. The second kappa shape index (κ2) is 14.8. The lowest BCUT2D eigenvalue weighted by Crippen LogP contribution is -2.49. The molecule has 1 fully saturated rings. The summed E-state index contributed by atoms with van der Waals surface area (Å²) in [6.07, 6.45) is 18.1. The molecule has 1 unspecified atom stereocenters. The predicted molar refractivity (Wildman–Crippen MR) is 132 cm³/mol. The summed E-state index contributed by atoms with van der Waals surface area (Å²) in [5.74, 6) is 0. The van der Waals surface area contributed by atoms with E-state index in [0.717, 1.165) is 0 Å². The van der Waals surface area contributed by atoms with E-state index in [1.807, 2.05) is 0 Å². The zero-order valence-electron chi connectivity index (χ0n) is 21.3. The van der Waals surface area contributed by atoms with Crippen LogP contribution in [0.25, 0.3) is 0 Å². The Balaban J connectivity index is 2.31. The van der Waals surface area contributed by atoms with E-state index >= 15 is 0 Å². The van der Waals surface area contributed by atoms with Crippen molar-refractivity contribution in [3.8, 4) is 0 Å². The molecule has 0 aromatic rings. The van der Waals surface area contributed by atoms with E-state index in [4.69, 9.17) is 0 Å². The van der Waals surface area contributed by atoms with Crippen molar-refractivity contribution in [1.29, 1.82) is 0 Å². The Labute approximate surface area is 185 Å². The first kappa shape index (κ1) is 27.0. The molecule has 2 nitrogen and oxygen atoms in total. The van der Waals surface area contributed by atoms with Crippen LogP contribution in [0.3, 0.4) is 0 Å². The summed E-state index contributed by atoms with van der Waals surface area (Å²) in [5.41, 5.74) is 1.05. The van der Waals surface area contributed by atoms with E-state index in [1.165, 1.54) is 123 Å². The van der Waals surface area contributed by atoms with Gasteiger partial charge in [0.15, 0.2) is 0 Å². The summed E-state index contributed by atoms with van der Waals surface area (Å²) in [7, 11) is 0. The maximum atomic E-state index is 2.78. The minimum absolute atomic E-state index is 0.517. The van der Waals surface area contributed by atoms with Crippen molar-refractivity contribution in [3.05, 3.63) is 0 Å². The van der Waals surface area contributed by atoms with E-state index in [1.54, 1.807) is 0 Å². The number of hydrogen-bond acceptors (Lipinski definition) is 2. The van der Waals surface area contributed by atoms with Gasteiger partial charge in [-0.1, -0.05) is 99.3 Å². The first-order valence-corrected chi connectivity index (χ1v) is 13.3. The van der Waals surface area contributed by atoms with Gasteiger partial charge in [0.2, 0.25) is 0 Å². The van der Waals surface area contributed by atoms with E-state index in [9.17, 15) is 0 Å². The number of rotatable bonds is 17. The van der Waals surface area contributed by atoms with Crippen LogP contribution in [0, 0.1) is 10.8 Å². The molecule has 0 amide bonds. The summed E-state index contributed by atoms with van der Waals surface area (Å²) < 4.78 is 0. The third-order valence-corrected chi connectivity index (χ3v) is 7.37. The number of unbranched alkanes of at least 4 members (excludes halogenated alkanes) is 6. The molecule has 0 aliphatic carbocycles. The fourth-order valence-corrected chi connectivity index (χ4v) is 5.19. The van der Waals surface area contributed by atoms with Crippen LogP contribution in [-0.4, -0.2) is 49.1 Å². The molecule has 0 radical (unpaired) electrons. The van der Waals surface area contributed by atoms with Crippen molar-refractivity contribution in [2.75, 3.05) is 39.3 Å². The molecule has 174 valence electrons. The zero-order chi connectivity index (χ0) is 21.6. The molecule has 0 saturated carbocycles. The normalized spacial score (nSPS) is 18.8. The van der Waals surface area contributed by atoms with Crippen molar-refractivity contribution in [2.45, 2.75) is 125 Å². The Morgan fingerprint density at radius 1 is 0.552 bits per heavy atom. The fraction of sp³-hybridized carbons (Fsp3) is 1.00. The molecule has 0 aromatic heterocycles. The monoisotopic (exact) mass is 408 g/mol. The van der Waals surface area contributed by atoms with Gasteiger partial charge in [0.1, 0.15) is 0 Å². The van der Waals surface area contributed by atoms with E-state index in [0.29, 0.717) is 10.8 Å². The Hall–Kier alpha value is -0.0800. The lowest BCUT2D eigenvalue weighted by Gasteiger charge is -2.41. The average molecular weight is 409 g/mol. The first-order valence-electron chi connectivity index (χ1n) is 13.3. The largest absolute Gasteiger partial charge is 0.301 e. The molecule has 1 rings (SSSR count). The third-order valence-electron chi connectivity index (χ3n) is 7.37. The van der Waals surface area contributed by atoms with Gasteiger partial charge in [-0.3, -0.25) is 0 Å². The molecule has 0 N–H and O–H groups in total. The van der Waals surface area contributed by atoms with Gasteiger partial charge >= 0.3 is 0 Å². The van der Waals surface area contributed by atoms with Crippen molar-refractivity contribution in [3.63, 3.8) is 0 Å². The van der Waals surface area contributed by atoms with Crippen molar-refractivity contribution in [2.24, 2.45) is 10.8 Å². The highest BCUT2D eigenvalue weighted by Crippen LogP contribution is 2.32. The van der Waals surface area contributed by atoms with Gasteiger partial charge in [-0.05, 0) is 43.1 Å². The lowest BCUT2D eigenvalue weighted by atomic mass is 9.80. The summed E-state index contributed by atoms with van der Waals surface area (Å²) in [5, 5.41) is 0. The van der Waals surface area contributed by atoms with Crippen LogP contribution in [0.4, 0.5) is 0 Å². The third kappa shape index (κ3) is 12.4. The topological polar surface area (TPSA) is 6.48 Å². The second-order valence-electron chi connectivity index (χ2n) is 11.2. The Bertz CT molecular complexity index is 384. The minimum atomic E-state index is 0.517. The van der Waals surface area contributed by atoms with E-state index in [-0.39, 0.29) is 0 Å². The standard InChI is InChI=1S/C27H56N2/c1-7-10-12-14-17-26(4,5)19-20-28-21-23-29(24-22-28)25-27(6,16-9-3)18-15-13-11-8-2/h7-25H2,1-6H3. The maximum absolute atomic E-state index is 2.78. The van der Waals surface area contributed by atoms with Gasteiger partial charge in [0.25, 0.3) is 0 Å². The molecule has 29 heavy (non-hydrogen) atoms. The average Bonchev–Trinajstić information content (AvgIpc) is 2.68. The van der Waals surface area contributed by atoms with Crippen LogP contribution in [-0.2, 0) is 0 Å². The van der Waals surface area contributed by atoms with Crippen LogP contribution in [0.2, 0.25) is 0 Å². The number of hydrogen-bond donors (Lipinski definition) is 0. The lowest BCUT2D eigenvalue weighted by molar-refractivity contribution is 0.0744. The summed E-state index contributed by atoms with van der Waals surface area (Å²) in [6.45, 7) is 22.3. The van der Waals surface area contributed by atoms with E-state index in [2.05, 4.69) is 51.3 Å². The van der Waals surface area contributed by atoms with Crippen LogP contribution in [0.5, 0.6) is 0 Å². The summed E-state index contributed by atoms with van der Waals surface area (Å²) in [4.78, 5) is 5.52. The zero-order valence-corrected chi connectivity index (χ0v) is 21.3. The smallest absolute Gasteiger partial charge is 0.0110 e. The van der Waals surface area contributed by atoms with Crippen LogP contribution in [0.1, 0.15) is 125 Å². The molecule has 0 bridgehead atoms. The maximum Gasteiger partial charge on any atom is 0.0110 e. The van der Waals surface area contributed by atoms with Crippen molar-refractivity contribution >= 4 is 0 Å². The molecule has 1 saturated heterocycles. The molecule has 1 aliphatic rings. The molecule has 1 atom stereocenters. The van der Waals surface area contributed by atoms with Gasteiger partial charge in [-0.15, -0.1) is 0 Å². The Kier molecular flexibility index (Phi) is 13.8. The Morgan fingerprint density at radius 3 is 1.66 bits per heavy atom. The highest BCUT2D eigenvalue weighted by Gasteiger charge is 2.28. The van der Waals surface area contributed by atoms with Crippen molar-refractivity contribution < 1.29 is 0 Å². The molecule has 1 aliphatic heterocycles. The Morgan fingerprint density at radius 2 is 1.10 bits per heavy atom. The predicted octanol–water partition coefficient (Wildman–Crippen LogP) is 7.77. The summed E-state index contributed by atoms with van der Waals surface area (Å²) in [6, 6.07) is 0. The molecular weight excluding hydrogens is 352 g/mol. The van der Waals surface area contributed by atoms with Gasteiger partial charge in [0, 0.05) is 32.7 Å². The van der Waals surface area contributed by atoms with Gasteiger partial charge in [0.05, 0.1) is 0 Å². The quantitative estimate of drug-likeness (QED) is 0.227.